The molecule has 0 bridgehead atoms. The summed E-state index contributed by atoms with van der Waals surface area (Å²) in [5.41, 5.74) is 1.59. The highest BCUT2D eigenvalue weighted by Gasteiger charge is 2.20. The number of nitrogens with zero attached hydrogens (tertiary/aromatic N) is 4. The van der Waals surface area contributed by atoms with Gasteiger partial charge < -0.3 is 10.2 Å². The molecule has 0 aromatic carbocycles. The van der Waals surface area contributed by atoms with E-state index >= 15 is 0 Å². The Morgan fingerprint density at radius 2 is 2.20 bits per heavy atom. The van der Waals surface area contributed by atoms with E-state index < -0.39 is 0 Å². The number of urea groups is 1. The van der Waals surface area contributed by atoms with Gasteiger partial charge in [0.1, 0.15) is 5.51 Å². The quantitative estimate of drug-likeness (QED) is 0.836. The molecule has 2 heterocycles. The van der Waals surface area contributed by atoms with Crippen LogP contribution in [0.5, 0.6) is 0 Å². The summed E-state index contributed by atoms with van der Waals surface area (Å²) in [6.07, 6.45) is 0. The van der Waals surface area contributed by atoms with E-state index in [2.05, 4.69) is 44.5 Å². The Labute approximate surface area is 123 Å². The molecule has 1 aromatic heterocycles. The minimum Gasteiger partial charge on any atom is -0.336 e. The van der Waals surface area contributed by atoms with Crippen molar-refractivity contribution in [2.24, 2.45) is 0 Å². The number of likely N-dealkylation sites (N-methyl/N-ethyl adjacent to an activating group) is 1. The monoisotopic (exact) mass is 298 g/mol. The lowest BCUT2D eigenvalue weighted by Gasteiger charge is -2.37. The molecule has 1 saturated heterocycles. The molecule has 1 fully saturated rings. The lowest BCUT2D eigenvalue weighted by atomic mass is 10.2. The van der Waals surface area contributed by atoms with Crippen molar-refractivity contribution in [3.05, 3.63) is 5.51 Å². The number of carbonyl (C=O) groups excluding carboxylic acids is 1. The zero-order valence-electron chi connectivity index (χ0n) is 12.0. The smallest absolute Gasteiger partial charge is 0.321 e. The highest BCUT2D eigenvalue weighted by Crippen LogP contribution is 2.08. The predicted octanol–water partition coefficient (Wildman–Crippen LogP) is 0.686. The van der Waals surface area contributed by atoms with Gasteiger partial charge in [-0.05, 0) is 13.5 Å². The summed E-state index contributed by atoms with van der Waals surface area (Å²) in [6, 6.07) is 0.120. The molecule has 0 saturated carbocycles. The van der Waals surface area contributed by atoms with Crippen LogP contribution in [-0.2, 0) is 0 Å². The molecule has 1 unspecified atom stereocenters. The highest BCUT2D eigenvalue weighted by molar-refractivity contribution is 7.13. The van der Waals surface area contributed by atoms with Crippen molar-refractivity contribution in [3.8, 4) is 0 Å². The van der Waals surface area contributed by atoms with Crippen LogP contribution in [-0.4, -0.2) is 71.3 Å². The second-order valence-corrected chi connectivity index (χ2v) is 5.73. The third kappa shape index (κ3) is 4.39. The molecular formula is C12H22N6OS. The molecule has 2 rings (SSSR count). The molecule has 0 radical (unpaired) electrons. The van der Waals surface area contributed by atoms with Crippen LogP contribution in [0, 0.1) is 0 Å². The number of rotatable bonds is 5. The lowest BCUT2D eigenvalue weighted by Crippen LogP contribution is -2.52. The zero-order chi connectivity index (χ0) is 14.4. The maximum Gasteiger partial charge on any atom is 0.321 e. The Balaban J connectivity index is 1.67. The van der Waals surface area contributed by atoms with Gasteiger partial charge in [-0.25, -0.2) is 4.79 Å². The molecule has 2 amide bonds. The van der Waals surface area contributed by atoms with Crippen LogP contribution in [0.1, 0.15) is 13.8 Å². The topological polar surface area (TPSA) is 73.4 Å². The number of hydrogen-bond donors (Lipinski definition) is 2. The molecule has 1 aromatic rings. The van der Waals surface area contributed by atoms with Gasteiger partial charge in [-0.15, -0.1) is 10.2 Å². The Hall–Kier alpha value is -1.25. The van der Waals surface area contributed by atoms with Gasteiger partial charge in [0.25, 0.3) is 0 Å². The van der Waals surface area contributed by atoms with E-state index in [1.54, 1.807) is 5.51 Å². The van der Waals surface area contributed by atoms with Gasteiger partial charge in [-0.1, -0.05) is 18.3 Å². The second-order valence-electron chi connectivity index (χ2n) is 4.90. The van der Waals surface area contributed by atoms with Crippen LogP contribution >= 0.6 is 11.3 Å². The minimum atomic E-state index is -0.221. The van der Waals surface area contributed by atoms with Crippen LogP contribution in [0.15, 0.2) is 5.51 Å². The Morgan fingerprint density at radius 1 is 1.45 bits per heavy atom. The number of aromatic nitrogens is 2. The maximum atomic E-state index is 11.7. The third-order valence-electron chi connectivity index (χ3n) is 3.62. The second kappa shape index (κ2) is 7.51. The normalized spacial score (nSPS) is 18.7. The van der Waals surface area contributed by atoms with Crippen molar-refractivity contribution in [2.75, 3.05) is 44.6 Å². The van der Waals surface area contributed by atoms with Gasteiger partial charge in [0.15, 0.2) is 0 Å². The molecule has 8 heteroatoms. The molecule has 20 heavy (non-hydrogen) atoms. The molecule has 2 N–H and O–H groups in total. The lowest BCUT2D eigenvalue weighted by molar-refractivity contribution is 0.106. The standard InChI is InChI=1S/C12H22N6OS/c1-3-17-4-6-18(7-5-17)10(2)8-13-11(19)15-12-16-14-9-20-12/h9-10H,3-8H2,1-2H3,(H2,13,15,16,19). The first kappa shape index (κ1) is 15.1. The molecule has 0 spiro atoms. The Bertz CT molecular complexity index is 404. The van der Waals surface area contributed by atoms with Crippen LogP contribution < -0.4 is 10.6 Å². The number of amides is 2. The van der Waals surface area contributed by atoms with E-state index in [-0.39, 0.29) is 6.03 Å². The molecule has 1 aliphatic rings. The summed E-state index contributed by atoms with van der Waals surface area (Å²) in [5, 5.41) is 13.5. The molecule has 1 atom stereocenters. The minimum absolute atomic E-state index is 0.221. The van der Waals surface area contributed by atoms with E-state index in [1.165, 1.54) is 11.3 Å². The summed E-state index contributed by atoms with van der Waals surface area (Å²) in [6.45, 7) is 10.4. The van der Waals surface area contributed by atoms with E-state index in [9.17, 15) is 4.79 Å². The number of carbonyl (C=O) groups is 1. The molecule has 112 valence electrons. The summed E-state index contributed by atoms with van der Waals surface area (Å²) >= 11 is 1.31. The largest absolute Gasteiger partial charge is 0.336 e. The van der Waals surface area contributed by atoms with E-state index in [4.69, 9.17) is 0 Å². The van der Waals surface area contributed by atoms with Gasteiger partial charge in [0, 0.05) is 38.8 Å². The molecule has 1 aliphatic heterocycles. The third-order valence-corrected chi connectivity index (χ3v) is 4.22. The number of nitrogens with one attached hydrogen (secondary N) is 2. The Kier molecular flexibility index (Phi) is 5.69. The average Bonchev–Trinajstić information content (AvgIpc) is 2.97. The van der Waals surface area contributed by atoms with Gasteiger partial charge in [-0.3, -0.25) is 10.2 Å². The van der Waals surface area contributed by atoms with Crippen molar-refractivity contribution >= 4 is 22.5 Å². The summed E-state index contributed by atoms with van der Waals surface area (Å²) < 4.78 is 0. The fourth-order valence-electron chi connectivity index (χ4n) is 2.26. The highest BCUT2D eigenvalue weighted by atomic mass is 32.1. The Morgan fingerprint density at radius 3 is 2.80 bits per heavy atom. The van der Waals surface area contributed by atoms with Crippen LogP contribution in [0.25, 0.3) is 0 Å². The van der Waals surface area contributed by atoms with Crippen LogP contribution in [0.3, 0.4) is 0 Å². The number of piperazine rings is 1. The zero-order valence-corrected chi connectivity index (χ0v) is 12.8. The molecule has 7 nitrogen and oxygen atoms in total. The van der Waals surface area contributed by atoms with E-state index in [0.717, 1.165) is 32.7 Å². The first-order chi connectivity index (χ1) is 9.69. The molecule has 0 aliphatic carbocycles. The average molecular weight is 298 g/mol. The van der Waals surface area contributed by atoms with Crippen molar-refractivity contribution in [1.29, 1.82) is 0 Å². The number of hydrogen-bond acceptors (Lipinski definition) is 6. The maximum absolute atomic E-state index is 11.7. The van der Waals surface area contributed by atoms with E-state index in [0.29, 0.717) is 17.7 Å². The SMILES string of the molecule is CCN1CCN(C(C)CNC(=O)Nc2nncs2)CC1. The van der Waals surface area contributed by atoms with Crippen LogP contribution in [0.4, 0.5) is 9.93 Å². The van der Waals surface area contributed by atoms with Gasteiger partial charge in [0.05, 0.1) is 0 Å². The first-order valence-electron chi connectivity index (χ1n) is 6.96. The van der Waals surface area contributed by atoms with Crippen molar-refractivity contribution in [2.45, 2.75) is 19.9 Å². The van der Waals surface area contributed by atoms with Crippen molar-refractivity contribution in [1.82, 2.24) is 25.3 Å². The summed E-state index contributed by atoms with van der Waals surface area (Å²) in [4.78, 5) is 16.5. The predicted molar refractivity (Wildman–Crippen MR) is 80.1 cm³/mol. The summed E-state index contributed by atoms with van der Waals surface area (Å²) in [7, 11) is 0. The fourth-order valence-corrected chi connectivity index (χ4v) is 2.70. The van der Waals surface area contributed by atoms with Gasteiger partial charge >= 0.3 is 6.03 Å². The number of anilines is 1. The van der Waals surface area contributed by atoms with Gasteiger partial charge in [-0.2, -0.15) is 0 Å². The van der Waals surface area contributed by atoms with Crippen LogP contribution in [0.2, 0.25) is 0 Å². The molecular weight excluding hydrogens is 276 g/mol. The van der Waals surface area contributed by atoms with Crippen molar-refractivity contribution in [3.63, 3.8) is 0 Å². The first-order valence-corrected chi connectivity index (χ1v) is 7.84. The summed E-state index contributed by atoms with van der Waals surface area (Å²) in [5.74, 6) is 0. The van der Waals surface area contributed by atoms with Crippen molar-refractivity contribution < 1.29 is 4.79 Å². The van der Waals surface area contributed by atoms with E-state index in [1.807, 2.05) is 0 Å². The fraction of sp³-hybridized carbons (Fsp3) is 0.750. The van der Waals surface area contributed by atoms with Gasteiger partial charge in [0.2, 0.25) is 5.13 Å².